The third-order valence-corrected chi connectivity index (χ3v) is 5.13. The molecule has 1 saturated heterocycles. The normalized spacial score (nSPS) is 20.2. The molecule has 3 rings (SSSR count). The molecule has 2 atom stereocenters. The van der Waals surface area contributed by atoms with Gasteiger partial charge >= 0.3 is 6.09 Å². The van der Waals surface area contributed by atoms with Gasteiger partial charge in [0, 0.05) is 31.0 Å². The molecular formula is C21H26N2O2. The number of amides is 1. The largest absolute Gasteiger partial charge is 0.445 e. The fraction of sp³-hybridized carbons (Fsp3) is 0.381. The molecule has 0 aromatic heterocycles. The average molecular weight is 338 g/mol. The molecule has 2 aromatic rings. The fourth-order valence-corrected chi connectivity index (χ4v) is 3.71. The molecule has 1 unspecified atom stereocenters. The number of carbonyl (C=O) groups is 1. The topological polar surface area (TPSA) is 50.4 Å². The number of alkyl carbamates (subject to hydrolysis) is 1. The van der Waals surface area contributed by atoms with Gasteiger partial charge in [0.05, 0.1) is 0 Å². The molecule has 2 aromatic carbocycles. The quantitative estimate of drug-likeness (QED) is 0.878. The van der Waals surface area contributed by atoms with Crippen molar-refractivity contribution in [1.82, 2.24) is 10.6 Å². The Kier molecular flexibility index (Phi) is 5.39. The van der Waals surface area contributed by atoms with Gasteiger partial charge in [0.15, 0.2) is 0 Å². The van der Waals surface area contributed by atoms with Crippen molar-refractivity contribution in [3.8, 4) is 0 Å². The number of carbonyl (C=O) groups excluding carboxylic acids is 1. The Labute approximate surface area is 149 Å². The van der Waals surface area contributed by atoms with Crippen LogP contribution in [0.15, 0.2) is 60.7 Å². The molecule has 0 bridgehead atoms. The highest BCUT2D eigenvalue weighted by molar-refractivity contribution is 5.67. The van der Waals surface area contributed by atoms with Crippen molar-refractivity contribution in [3.63, 3.8) is 0 Å². The molecule has 2 N–H and O–H groups in total. The molecular weight excluding hydrogens is 312 g/mol. The minimum absolute atomic E-state index is 0.108. The van der Waals surface area contributed by atoms with E-state index in [4.69, 9.17) is 4.74 Å². The Bertz CT molecular complexity index is 648. The first kappa shape index (κ1) is 17.5. The molecule has 1 amide bonds. The van der Waals surface area contributed by atoms with E-state index in [1.54, 1.807) is 0 Å². The summed E-state index contributed by atoms with van der Waals surface area (Å²) in [4.78, 5) is 11.7. The lowest BCUT2D eigenvalue weighted by Crippen LogP contribution is -2.43. The third-order valence-electron chi connectivity index (χ3n) is 5.13. The highest BCUT2D eigenvalue weighted by Crippen LogP contribution is 2.38. The van der Waals surface area contributed by atoms with E-state index in [0.717, 1.165) is 6.42 Å². The van der Waals surface area contributed by atoms with Crippen molar-refractivity contribution in [2.75, 3.05) is 13.1 Å². The van der Waals surface area contributed by atoms with Gasteiger partial charge < -0.3 is 15.4 Å². The van der Waals surface area contributed by atoms with Gasteiger partial charge in [0.1, 0.15) is 6.10 Å². The first-order valence-electron chi connectivity index (χ1n) is 8.93. The number of nitrogens with one attached hydrogen (secondary N) is 2. The van der Waals surface area contributed by atoms with Gasteiger partial charge in [-0.3, -0.25) is 0 Å². The van der Waals surface area contributed by atoms with E-state index in [1.165, 1.54) is 11.1 Å². The Hall–Kier alpha value is -2.33. The van der Waals surface area contributed by atoms with E-state index < -0.39 is 0 Å². The zero-order valence-electron chi connectivity index (χ0n) is 14.9. The lowest BCUT2D eigenvalue weighted by Gasteiger charge is -2.37. The van der Waals surface area contributed by atoms with E-state index in [-0.39, 0.29) is 23.7 Å². The number of benzene rings is 2. The van der Waals surface area contributed by atoms with Crippen molar-refractivity contribution < 1.29 is 9.53 Å². The van der Waals surface area contributed by atoms with Crippen LogP contribution in [0.3, 0.4) is 0 Å². The molecule has 132 valence electrons. The van der Waals surface area contributed by atoms with Crippen LogP contribution >= 0.6 is 0 Å². The first-order chi connectivity index (χ1) is 12.1. The van der Waals surface area contributed by atoms with E-state index in [9.17, 15) is 4.79 Å². The Morgan fingerprint density at radius 2 is 1.68 bits per heavy atom. The fourth-order valence-electron chi connectivity index (χ4n) is 3.71. The summed E-state index contributed by atoms with van der Waals surface area (Å²) in [6.07, 6.45) is 0.344. The average Bonchev–Trinajstić information content (AvgIpc) is 3.11. The molecule has 1 aliphatic rings. The lowest BCUT2D eigenvalue weighted by molar-refractivity contribution is 0.105. The van der Waals surface area contributed by atoms with Crippen LogP contribution in [0.5, 0.6) is 0 Å². The van der Waals surface area contributed by atoms with Crippen LogP contribution in [0.2, 0.25) is 0 Å². The Balaban J connectivity index is 1.86. The molecule has 1 fully saturated rings. The van der Waals surface area contributed by atoms with Crippen LogP contribution in [0.1, 0.15) is 31.4 Å². The lowest BCUT2D eigenvalue weighted by atomic mass is 9.70. The van der Waals surface area contributed by atoms with Gasteiger partial charge in [-0.05, 0) is 25.0 Å². The Morgan fingerprint density at radius 1 is 1.12 bits per heavy atom. The van der Waals surface area contributed by atoms with Gasteiger partial charge in [0.2, 0.25) is 0 Å². The van der Waals surface area contributed by atoms with E-state index in [1.807, 2.05) is 19.1 Å². The monoisotopic (exact) mass is 338 g/mol. The smallest absolute Gasteiger partial charge is 0.407 e. The molecule has 4 nitrogen and oxygen atoms in total. The van der Waals surface area contributed by atoms with Crippen LogP contribution in [0, 0.1) is 0 Å². The van der Waals surface area contributed by atoms with Gasteiger partial charge in [-0.1, -0.05) is 60.7 Å². The maximum Gasteiger partial charge on any atom is 0.407 e. The number of hydrogen-bond acceptors (Lipinski definition) is 3. The van der Waals surface area contributed by atoms with Gasteiger partial charge in [-0.25, -0.2) is 4.79 Å². The molecule has 4 heteroatoms. The summed E-state index contributed by atoms with van der Waals surface area (Å²) in [5.74, 6) is 0. The summed E-state index contributed by atoms with van der Waals surface area (Å²) in [5, 5.41) is 6.29. The maximum absolute atomic E-state index is 11.7. The first-order valence-corrected chi connectivity index (χ1v) is 8.93. The van der Waals surface area contributed by atoms with Crippen molar-refractivity contribution in [3.05, 3.63) is 71.8 Å². The van der Waals surface area contributed by atoms with Crippen LogP contribution in [0.25, 0.3) is 0 Å². The third kappa shape index (κ3) is 3.69. The summed E-state index contributed by atoms with van der Waals surface area (Å²) in [5.41, 5.74) is 2.33. The second-order valence-corrected chi connectivity index (χ2v) is 6.69. The van der Waals surface area contributed by atoms with Crippen molar-refractivity contribution in [2.45, 2.75) is 37.8 Å². The summed E-state index contributed by atoms with van der Waals surface area (Å²) < 4.78 is 5.54. The summed E-state index contributed by atoms with van der Waals surface area (Å²) >= 11 is 0. The number of ether oxygens (including phenoxy) is 1. The zero-order valence-corrected chi connectivity index (χ0v) is 14.9. The van der Waals surface area contributed by atoms with Gasteiger partial charge in [-0.15, -0.1) is 0 Å². The predicted octanol–water partition coefficient (Wildman–Crippen LogP) is 3.47. The van der Waals surface area contributed by atoms with Crippen LogP contribution in [-0.4, -0.2) is 31.3 Å². The van der Waals surface area contributed by atoms with Crippen LogP contribution in [-0.2, 0) is 10.2 Å². The van der Waals surface area contributed by atoms with E-state index >= 15 is 0 Å². The number of rotatable bonds is 5. The number of hydrogen-bond donors (Lipinski definition) is 2. The van der Waals surface area contributed by atoms with E-state index in [2.05, 4.69) is 66.1 Å². The van der Waals surface area contributed by atoms with Crippen LogP contribution < -0.4 is 10.6 Å². The second kappa shape index (κ2) is 7.70. The molecule has 1 heterocycles. The molecule has 0 radical (unpaired) electrons. The van der Waals surface area contributed by atoms with E-state index in [0.29, 0.717) is 13.1 Å². The van der Waals surface area contributed by atoms with Crippen molar-refractivity contribution in [1.29, 1.82) is 0 Å². The second-order valence-electron chi connectivity index (χ2n) is 6.69. The molecule has 0 spiro atoms. The molecule has 0 aliphatic carbocycles. The van der Waals surface area contributed by atoms with Crippen molar-refractivity contribution >= 4 is 6.09 Å². The summed E-state index contributed by atoms with van der Waals surface area (Å²) in [6.45, 7) is 5.41. The Morgan fingerprint density at radius 3 is 2.20 bits per heavy atom. The SMILES string of the molecule is CCNC(=O)O[C@H]1CNC(C(C)(c2ccccc2)c2ccccc2)C1. The van der Waals surface area contributed by atoms with Crippen LogP contribution in [0.4, 0.5) is 4.79 Å². The predicted molar refractivity (Wildman–Crippen MR) is 99.7 cm³/mol. The van der Waals surface area contributed by atoms with Crippen molar-refractivity contribution in [2.24, 2.45) is 0 Å². The molecule has 1 aliphatic heterocycles. The van der Waals surface area contributed by atoms with Gasteiger partial charge in [0.25, 0.3) is 0 Å². The minimum atomic E-state index is -0.337. The molecule has 0 saturated carbocycles. The highest BCUT2D eigenvalue weighted by atomic mass is 16.6. The minimum Gasteiger partial charge on any atom is -0.445 e. The standard InChI is InChI=1S/C21H26N2O2/c1-3-22-20(24)25-18-14-19(23-15-18)21(2,16-10-6-4-7-11-16)17-12-8-5-9-13-17/h4-13,18-19,23H,3,14-15H2,1-2H3,(H,22,24)/t18-,19?/m1/s1. The highest BCUT2D eigenvalue weighted by Gasteiger charge is 2.42. The molecule has 25 heavy (non-hydrogen) atoms. The maximum atomic E-state index is 11.7. The van der Waals surface area contributed by atoms with Gasteiger partial charge in [-0.2, -0.15) is 0 Å². The zero-order chi connectivity index (χ0) is 17.7. The summed E-state index contributed by atoms with van der Waals surface area (Å²) in [6, 6.07) is 21.3. The summed E-state index contributed by atoms with van der Waals surface area (Å²) in [7, 11) is 0.